The first-order chi connectivity index (χ1) is 13.7. The molecule has 0 aliphatic heterocycles. The monoisotopic (exact) mass is 379 g/mol. The minimum atomic E-state index is 0.586. The first kappa shape index (κ1) is 19.7. The molecule has 1 aromatic carbocycles. The van der Waals surface area contributed by atoms with Crippen LogP contribution in [0.2, 0.25) is 0 Å². The van der Waals surface area contributed by atoms with Gasteiger partial charge in [0.05, 0.1) is 17.9 Å². The molecule has 0 saturated carbocycles. The van der Waals surface area contributed by atoms with Crippen molar-refractivity contribution in [1.29, 1.82) is 0 Å². The zero-order valence-corrected chi connectivity index (χ0v) is 16.9. The average molecular weight is 380 g/mol. The van der Waals surface area contributed by atoms with E-state index in [4.69, 9.17) is 4.99 Å². The Morgan fingerprint density at radius 2 is 2.00 bits per heavy atom. The predicted octanol–water partition coefficient (Wildman–Crippen LogP) is 2.83. The molecule has 0 radical (unpaired) electrons. The molecular formula is C21H29N7. The van der Waals surface area contributed by atoms with Crippen LogP contribution in [-0.2, 0) is 13.1 Å². The van der Waals surface area contributed by atoms with Gasteiger partial charge in [0, 0.05) is 37.7 Å². The molecule has 148 valence electrons. The molecule has 3 rings (SSSR count). The van der Waals surface area contributed by atoms with Gasteiger partial charge in [0.2, 0.25) is 0 Å². The van der Waals surface area contributed by atoms with Crippen molar-refractivity contribution in [3.05, 3.63) is 65.7 Å². The van der Waals surface area contributed by atoms with E-state index in [1.165, 1.54) is 0 Å². The molecule has 0 unspecified atom stereocenters. The largest absolute Gasteiger partial charge is 0.357 e. The Morgan fingerprint density at radius 1 is 1.14 bits per heavy atom. The third kappa shape index (κ3) is 5.22. The van der Waals surface area contributed by atoms with Gasteiger partial charge in [0.1, 0.15) is 0 Å². The molecule has 0 aliphatic rings. The molecular weight excluding hydrogens is 350 g/mol. The molecule has 7 nitrogen and oxygen atoms in total. The molecule has 0 amide bonds. The molecule has 2 heterocycles. The molecule has 0 spiro atoms. The van der Waals surface area contributed by atoms with Crippen LogP contribution < -0.4 is 10.6 Å². The van der Waals surface area contributed by atoms with Crippen LogP contribution in [-0.4, -0.2) is 38.6 Å². The zero-order valence-electron chi connectivity index (χ0n) is 16.9. The van der Waals surface area contributed by atoms with Crippen LogP contribution in [0.15, 0.2) is 53.8 Å². The lowest BCUT2D eigenvalue weighted by atomic mass is 10.2. The van der Waals surface area contributed by atoms with Gasteiger partial charge < -0.3 is 10.6 Å². The number of nitrogens with one attached hydrogen (secondary N) is 2. The van der Waals surface area contributed by atoms with Crippen LogP contribution in [0.3, 0.4) is 0 Å². The van der Waals surface area contributed by atoms with Crippen molar-refractivity contribution >= 4 is 5.96 Å². The van der Waals surface area contributed by atoms with Crippen molar-refractivity contribution < 1.29 is 0 Å². The third-order valence-electron chi connectivity index (χ3n) is 4.40. The second-order valence-electron chi connectivity index (χ2n) is 6.71. The maximum atomic E-state index is 4.77. The molecule has 2 N–H and O–H groups in total. The highest BCUT2D eigenvalue weighted by molar-refractivity contribution is 5.79. The summed E-state index contributed by atoms with van der Waals surface area (Å²) in [4.78, 5) is 4.77. The zero-order chi connectivity index (χ0) is 19.8. The Morgan fingerprint density at radius 3 is 2.71 bits per heavy atom. The van der Waals surface area contributed by atoms with Crippen molar-refractivity contribution in [3.8, 4) is 5.69 Å². The van der Waals surface area contributed by atoms with Crippen molar-refractivity contribution in [2.45, 2.75) is 40.3 Å². The van der Waals surface area contributed by atoms with E-state index >= 15 is 0 Å². The summed E-state index contributed by atoms with van der Waals surface area (Å²) in [7, 11) is 0. The number of hydrogen-bond donors (Lipinski definition) is 2. The lowest BCUT2D eigenvalue weighted by Gasteiger charge is -2.13. The predicted molar refractivity (Wildman–Crippen MR) is 113 cm³/mol. The molecule has 28 heavy (non-hydrogen) atoms. The second kappa shape index (κ2) is 9.73. The summed E-state index contributed by atoms with van der Waals surface area (Å²) in [5, 5.41) is 15.6. The van der Waals surface area contributed by atoms with Gasteiger partial charge in [-0.3, -0.25) is 4.68 Å². The van der Waals surface area contributed by atoms with Crippen LogP contribution >= 0.6 is 0 Å². The number of aromatic nitrogens is 4. The highest BCUT2D eigenvalue weighted by Crippen LogP contribution is 2.17. The van der Waals surface area contributed by atoms with E-state index in [9.17, 15) is 0 Å². The van der Waals surface area contributed by atoms with Crippen molar-refractivity contribution in [2.75, 3.05) is 13.1 Å². The molecule has 2 aromatic heterocycles. The van der Waals surface area contributed by atoms with Crippen molar-refractivity contribution in [3.63, 3.8) is 0 Å². The van der Waals surface area contributed by atoms with Gasteiger partial charge in [-0.2, -0.15) is 10.2 Å². The van der Waals surface area contributed by atoms with Crippen LogP contribution in [0.1, 0.15) is 30.3 Å². The summed E-state index contributed by atoms with van der Waals surface area (Å²) in [6.45, 7) is 9.30. The van der Waals surface area contributed by atoms with Crippen molar-refractivity contribution in [2.24, 2.45) is 4.99 Å². The molecule has 0 bridgehead atoms. The lowest BCUT2D eigenvalue weighted by molar-refractivity contribution is 0.570. The van der Waals surface area contributed by atoms with E-state index in [2.05, 4.69) is 52.9 Å². The summed E-state index contributed by atoms with van der Waals surface area (Å²) in [6.07, 6.45) is 4.77. The quantitative estimate of drug-likeness (QED) is 0.359. The highest BCUT2D eigenvalue weighted by Gasteiger charge is 2.08. The number of guanidine groups is 1. The third-order valence-corrected chi connectivity index (χ3v) is 4.40. The fraction of sp³-hybridized carbons (Fsp3) is 0.381. The maximum Gasteiger partial charge on any atom is 0.191 e. The SMILES string of the molecule is CCNC(=NCc1ccccc1-n1nc(C)cc1C)NCCCn1cccn1. The van der Waals surface area contributed by atoms with E-state index < -0.39 is 0 Å². The first-order valence-corrected chi connectivity index (χ1v) is 9.78. The Balaban J connectivity index is 1.65. The lowest BCUT2D eigenvalue weighted by Crippen LogP contribution is -2.38. The second-order valence-corrected chi connectivity index (χ2v) is 6.71. The summed E-state index contributed by atoms with van der Waals surface area (Å²) in [6, 6.07) is 12.3. The summed E-state index contributed by atoms with van der Waals surface area (Å²) < 4.78 is 3.93. The van der Waals surface area contributed by atoms with E-state index in [-0.39, 0.29) is 0 Å². The van der Waals surface area contributed by atoms with Gasteiger partial charge in [0.15, 0.2) is 5.96 Å². The number of aliphatic imine (C=N–C) groups is 1. The van der Waals surface area contributed by atoms with Gasteiger partial charge in [-0.15, -0.1) is 0 Å². The van der Waals surface area contributed by atoms with E-state index in [1.807, 2.05) is 40.7 Å². The Labute approximate surface area is 166 Å². The Bertz CT molecular complexity index is 893. The van der Waals surface area contributed by atoms with Gasteiger partial charge in [-0.05, 0) is 51.0 Å². The average Bonchev–Trinajstić information content (AvgIpc) is 3.32. The van der Waals surface area contributed by atoms with Crippen LogP contribution in [0.4, 0.5) is 0 Å². The normalized spacial score (nSPS) is 11.6. The highest BCUT2D eigenvalue weighted by atomic mass is 15.3. The molecule has 0 fully saturated rings. The van der Waals surface area contributed by atoms with Gasteiger partial charge in [-0.25, -0.2) is 9.67 Å². The minimum Gasteiger partial charge on any atom is -0.357 e. The molecule has 7 heteroatoms. The van der Waals surface area contributed by atoms with Crippen LogP contribution in [0.5, 0.6) is 0 Å². The van der Waals surface area contributed by atoms with Gasteiger partial charge >= 0.3 is 0 Å². The number of nitrogens with zero attached hydrogens (tertiary/aromatic N) is 5. The number of para-hydroxylation sites is 1. The van der Waals surface area contributed by atoms with Crippen LogP contribution in [0, 0.1) is 13.8 Å². The number of aryl methyl sites for hydroxylation is 3. The van der Waals surface area contributed by atoms with Gasteiger partial charge in [0.25, 0.3) is 0 Å². The minimum absolute atomic E-state index is 0.586. The topological polar surface area (TPSA) is 72.1 Å². The van der Waals surface area contributed by atoms with E-state index in [0.29, 0.717) is 6.54 Å². The fourth-order valence-electron chi connectivity index (χ4n) is 3.11. The molecule has 0 saturated heterocycles. The smallest absolute Gasteiger partial charge is 0.191 e. The number of hydrogen-bond acceptors (Lipinski definition) is 3. The number of rotatable bonds is 8. The summed E-state index contributed by atoms with van der Waals surface area (Å²) in [5.41, 5.74) is 4.36. The standard InChI is InChI=1S/C21H29N7/c1-4-22-21(23-11-7-13-27-14-8-12-25-27)24-16-19-9-5-6-10-20(19)28-18(3)15-17(2)26-28/h5-6,8-10,12,14-15H,4,7,11,13,16H2,1-3H3,(H2,22,23,24). The molecule has 0 atom stereocenters. The first-order valence-electron chi connectivity index (χ1n) is 9.78. The fourth-order valence-corrected chi connectivity index (χ4v) is 3.11. The summed E-state index contributed by atoms with van der Waals surface area (Å²) >= 11 is 0. The van der Waals surface area contributed by atoms with Gasteiger partial charge in [-0.1, -0.05) is 18.2 Å². The van der Waals surface area contributed by atoms with E-state index in [1.54, 1.807) is 6.20 Å². The molecule has 0 aliphatic carbocycles. The Kier molecular flexibility index (Phi) is 6.84. The van der Waals surface area contributed by atoms with E-state index in [0.717, 1.165) is 54.7 Å². The molecule has 3 aromatic rings. The number of benzene rings is 1. The summed E-state index contributed by atoms with van der Waals surface area (Å²) in [5.74, 6) is 0.825. The van der Waals surface area contributed by atoms with Crippen molar-refractivity contribution in [1.82, 2.24) is 30.2 Å². The Hall–Kier alpha value is -3.09. The maximum absolute atomic E-state index is 4.77. The van der Waals surface area contributed by atoms with Crippen LogP contribution in [0.25, 0.3) is 5.69 Å².